The van der Waals surface area contributed by atoms with E-state index in [0.29, 0.717) is 23.7 Å². The van der Waals surface area contributed by atoms with E-state index >= 15 is 0 Å². The quantitative estimate of drug-likeness (QED) is 0.306. The number of phenolic OH excluding ortho intramolecular Hbond substituents is 1. The van der Waals surface area contributed by atoms with Crippen molar-refractivity contribution in [1.29, 1.82) is 0 Å². The van der Waals surface area contributed by atoms with Crippen molar-refractivity contribution in [2.75, 3.05) is 0 Å². The number of aromatic hydroxyl groups is 1. The van der Waals surface area contributed by atoms with Gasteiger partial charge < -0.3 is 9.84 Å². The standard InChI is InChI=1S/C29H48O6S/c1-19(2)12-9-13-20(3)14-10-15-21(4)16-11-17-28(8)29(34-36(31,32)35-29)18-25-24(7)26(30)22(5)23(6)27(25)33-28/h19-21,30H,9-18H2,1-8H3/t20-,21+,28-/m0/s1. The summed E-state index contributed by atoms with van der Waals surface area (Å²) in [7, 11) is -4.02. The van der Waals surface area contributed by atoms with Crippen molar-refractivity contribution < 1.29 is 26.6 Å². The molecule has 2 aliphatic heterocycles. The van der Waals surface area contributed by atoms with Gasteiger partial charge in [0.2, 0.25) is 0 Å². The van der Waals surface area contributed by atoms with E-state index in [4.69, 9.17) is 13.1 Å². The molecule has 0 bridgehead atoms. The molecular formula is C29H48O6S. The van der Waals surface area contributed by atoms with E-state index in [1.807, 2.05) is 27.7 Å². The molecule has 2 heterocycles. The monoisotopic (exact) mass is 524 g/mol. The Balaban J connectivity index is 1.60. The van der Waals surface area contributed by atoms with Crippen LogP contribution in [0, 0.1) is 38.5 Å². The van der Waals surface area contributed by atoms with Gasteiger partial charge in [-0.1, -0.05) is 72.6 Å². The molecule has 3 atom stereocenters. The van der Waals surface area contributed by atoms with Gasteiger partial charge in [-0.3, -0.25) is 0 Å². The fourth-order valence-corrected chi connectivity index (χ4v) is 6.96. The summed E-state index contributed by atoms with van der Waals surface area (Å²) in [5.74, 6) is 1.70. The van der Waals surface area contributed by atoms with Gasteiger partial charge in [0.1, 0.15) is 11.5 Å². The fraction of sp³-hybridized carbons (Fsp3) is 0.793. The Labute approximate surface area is 219 Å². The molecule has 0 aromatic heterocycles. The van der Waals surface area contributed by atoms with Crippen LogP contribution in [0.5, 0.6) is 11.5 Å². The minimum Gasteiger partial charge on any atom is -0.507 e. The van der Waals surface area contributed by atoms with Gasteiger partial charge in [0.25, 0.3) is 5.79 Å². The van der Waals surface area contributed by atoms with Crippen molar-refractivity contribution in [3.63, 3.8) is 0 Å². The second-order valence-electron chi connectivity index (χ2n) is 12.2. The van der Waals surface area contributed by atoms with Crippen LogP contribution >= 0.6 is 0 Å². The first-order valence-electron chi connectivity index (χ1n) is 13.9. The first-order valence-corrected chi connectivity index (χ1v) is 15.2. The van der Waals surface area contributed by atoms with E-state index in [1.54, 1.807) is 0 Å². The van der Waals surface area contributed by atoms with Crippen LogP contribution in [0.15, 0.2) is 0 Å². The maximum atomic E-state index is 11.9. The minimum absolute atomic E-state index is 0.207. The average molecular weight is 525 g/mol. The molecule has 1 aromatic carbocycles. The third-order valence-electron chi connectivity index (χ3n) is 8.58. The molecule has 0 radical (unpaired) electrons. The Kier molecular flexibility index (Phi) is 9.10. The number of fused-ring (bicyclic) bond motifs is 1. The van der Waals surface area contributed by atoms with Gasteiger partial charge in [-0.15, -0.1) is 0 Å². The van der Waals surface area contributed by atoms with E-state index in [9.17, 15) is 13.5 Å². The second kappa shape index (κ2) is 11.2. The summed E-state index contributed by atoms with van der Waals surface area (Å²) < 4.78 is 41.3. The molecule has 1 aromatic rings. The number of rotatable bonds is 12. The van der Waals surface area contributed by atoms with Crippen LogP contribution < -0.4 is 4.74 Å². The molecule has 1 fully saturated rings. The van der Waals surface area contributed by atoms with Crippen molar-refractivity contribution in [3.8, 4) is 11.5 Å². The molecule has 2 aliphatic rings. The van der Waals surface area contributed by atoms with Crippen LogP contribution in [0.3, 0.4) is 0 Å². The maximum Gasteiger partial charge on any atom is 0.405 e. The summed E-state index contributed by atoms with van der Waals surface area (Å²) in [4.78, 5) is 0. The molecule has 0 unspecified atom stereocenters. The molecule has 36 heavy (non-hydrogen) atoms. The molecule has 6 nitrogen and oxygen atoms in total. The van der Waals surface area contributed by atoms with E-state index < -0.39 is 21.8 Å². The Morgan fingerprint density at radius 1 is 0.833 bits per heavy atom. The SMILES string of the molecule is Cc1c(C)c2c(c(C)c1O)CC1(OS(=O)(=O)O1)[C@](C)(CCC[C@H](C)CCC[C@@H](C)CCCC(C)C)O2. The molecule has 0 saturated carbocycles. The highest BCUT2D eigenvalue weighted by Crippen LogP contribution is 2.54. The highest BCUT2D eigenvalue weighted by atomic mass is 32.3. The lowest BCUT2D eigenvalue weighted by Gasteiger charge is -2.53. The number of benzene rings is 1. The number of phenols is 1. The summed E-state index contributed by atoms with van der Waals surface area (Å²) >= 11 is 0. The summed E-state index contributed by atoms with van der Waals surface area (Å²) in [5, 5.41) is 10.6. The predicted molar refractivity (Wildman–Crippen MR) is 144 cm³/mol. The third-order valence-corrected chi connectivity index (χ3v) is 9.53. The second-order valence-corrected chi connectivity index (χ2v) is 13.4. The molecule has 7 heteroatoms. The van der Waals surface area contributed by atoms with E-state index in [2.05, 4.69) is 27.7 Å². The zero-order valence-electron chi connectivity index (χ0n) is 23.7. The molecule has 1 N–H and O–H groups in total. The Morgan fingerprint density at radius 3 is 1.89 bits per heavy atom. The summed E-state index contributed by atoms with van der Waals surface area (Å²) in [6, 6.07) is 0. The van der Waals surface area contributed by atoms with Crippen LogP contribution in [0.25, 0.3) is 0 Å². The Hall–Kier alpha value is -1.31. The zero-order valence-corrected chi connectivity index (χ0v) is 24.5. The van der Waals surface area contributed by atoms with E-state index in [0.717, 1.165) is 41.4 Å². The lowest BCUT2D eigenvalue weighted by Crippen LogP contribution is -2.69. The van der Waals surface area contributed by atoms with Crippen LogP contribution in [-0.2, 0) is 25.2 Å². The lowest BCUT2D eigenvalue weighted by molar-refractivity contribution is -0.283. The van der Waals surface area contributed by atoms with Gasteiger partial charge >= 0.3 is 10.4 Å². The maximum absolute atomic E-state index is 11.9. The van der Waals surface area contributed by atoms with Crippen LogP contribution in [-0.4, -0.2) is 24.9 Å². The first kappa shape index (κ1) is 29.2. The Bertz CT molecular complexity index is 1020. The summed E-state index contributed by atoms with van der Waals surface area (Å²) in [6.45, 7) is 16.8. The summed E-state index contributed by atoms with van der Waals surface area (Å²) in [6.07, 6.45) is 10.5. The minimum atomic E-state index is -4.02. The third kappa shape index (κ3) is 6.21. The number of ether oxygens (including phenoxy) is 1. The van der Waals surface area contributed by atoms with Gasteiger partial charge in [-0.2, -0.15) is 8.42 Å². The molecule has 1 spiro atoms. The lowest BCUT2D eigenvalue weighted by atomic mass is 9.79. The van der Waals surface area contributed by atoms with Crippen molar-refractivity contribution in [1.82, 2.24) is 0 Å². The summed E-state index contributed by atoms with van der Waals surface area (Å²) in [5.41, 5.74) is 2.13. The molecule has 0 amide bonds. The van der Waals surface area contributed by atoms with Crippen molar-refractivity contribution >= 4 is 10.4 Å². The van der Waals surface area contributed by atoms with Gasteiger partial charge in [0.15, 0.2) is 5.60 Å². The van der Waals surface area contributed by atoms with Crippen molar-refractivity contribution in [3.05, 3.63) is 22.3 Å². The zero-order chi connectivity index (χ0) is 26.9. The largest absolute Gasteiger partial charge is 0.507 e. The Morgan fingerprint density at radius 2 is 1.36 bits per heavy atom. The highest BCUT2D eigenvalue weighted by molar-refractivity contribution is 7.82. The predicted octanol–water partition coefficient (Wildman–Crippen LogP) is 7.44. The molecule has 3 rings (SSSR count). The van der Waals surface area contributed by atoms with Crippen molar-refractivity contribution in [2.45, 2.75) is 131 Å². The molecular weight excluding hydrogens is 476 g/mol. The van der Waals surface area contributed by atoms with Crippen LogP contribution in [0.4, 0.5) is 0 Å². The van der Waals surface area contributed by atoms with Crippen molar-refractivity contribution in [2.24, 2.45) is 17.8 Å². The molecule has 206 valence electrons. The average Bonchev–Trinajstić information content (AvgIpc) is 2.76. The van der Waals surface area contributed by atoms with Gasteiger partial charge in [0.05, 0.1) is 0 Å². The molecule has 1 saturated heterocycles. The van der Waals surface area contributed by atoms with Crippen LogP contribution in [0.2, 0.25) is 0 Å². The van der Waals surface area contributed by atoms with Gasteiger partial charge in [-0.25, -0.2) is 8.37 Å². The highest BCUT2D eigenvalue weighted by Gasteiger charge is 2.67. The normalized spacial score (nSPS) is 23.7. The first-order chi connectivity index (χ1) is 16.7. The van der Waals surface area contributed by atoms with E-state index in [-0.39, 0.29) is 12.2 Å². The smallest absolute Gasteiger partial charge is 0.405 e. The van der Waals surface area contributed by atoms with E-state index in [1.165, 1.54) is 38.5 Å². The number of hydrogen-bond acceptors (Lipinski definition) is 6. The topological polar surface area (TPSA) is 82.1 Å². The fourth-order valence-electron chi connectivity index (χ4n) is 5.82. The number of hydrogen-bond donors (Lipinski definition) is 1. The van der Waals surface area contributed by atoms with Crippen LogP contribution in [0.1, 0.15) is 115 Å². The van der Waals surface area contributed by atoms with Gasteiger partial charge in [-0.05, 0) is 75.0 Å². The van der Waals surface area contributed by atoms with Gasteiger partial charge in [0, 0.05) is 12.0 Å². The molecule has 0 aliphatic carbocycles.